The Labute approximate surface area is 153 Å². The minimum atomic E-state index is -0.111. The number of benzene rings is 2. The molecule has 4 N–H and O–H groups in total. The molecule has 0 spiro atoms. The van der Waals surface area contributed by atoms with Crippen molar-refractivity contribution in [3.63, 3.8) is 0 Å². The van der Waals surface area contributed by atoms with Crippen LogP contribution in [0.3, 0.4) is 0 Å². The van der Waals surface area contributed by atoms with Crippen LogP contribution in [0.5, 0.6) is 0 Å². The molecular formula is C21H24N4O. The van der Waals surface area contributed by atoms with Crippen LogP contribution in [0.4, 0.5) is 17.1 Å². The predicted octanol–water partition coefficient (Wildman–Crippen LogP) is 3.66. The molecule has 0 saturated carbocycles. The largest absolute Gasteiger partial charge is 0.399 e. The molecule has 1 fully saturated rings. The van der Waals surface area contributed by atoms with E-state index < -0.39 is 0 Å². The van der Waals surface area contributed by atoms with Crippen molar-refractivity contribution >= 4 is 28.5 Å². The van der Waals surface area contributed by atoms with Crippen LogP contribution in [-0.4, -0.2) is 23.9 Å². The fourth-order valence-corrected chi connectivity index (χ4v) is 3.59. The summed E-state index contributed by atoms with van der Waals surface area (Å²) in [5.74, 6) is -0.111. The third kappa shape index (κ3) is 3.58. The monoisotopic (exact) mass is 348 g/mol. The van der Waals surface area contributed by atoms with Gasteiger partial charge in [-0.3, -0.25) is 9.69 Å². The van der Waals surface area contributed by atoms with Gasteiger partial charge in [0.15, 0.2) is 0 Å². The van der Waals surface area contributed by atoms with Crippen molar-refractivity contribution in [1.82, 2.24) is 4.90 Å². The first-order valence-electron chi connectivity index (χ1n) is 9.18. The second-order valence-corrected chi connectivity index (χ2v) is 7.00. The molecule has 0 aromatic heterocycles. The van der Waals surface area contributed by atoms with Gasteiger partial charge in [-0.05, 0) is 61.8 Å². The Hall–Kier alpha value is -2.79. The van der Waals surface area contributed by atoms with Crippen molar-refractivity contribution in [2.24, 2.45) is 0 Å². The van der Waals surface area contributed by atoms with Crippen LogP contribution in [0.15, 0.2) is 48.7 Å². The number of likely N-dealkylation sites (tertiary alicyclic amines) is 1. The topological polar surface area (TPSA) is 70.4 Å². The second-order valence-electron chi connectivity index (χ2n) is 7.00. The van der Waals surface area contributed by atoms with E-state index in [-0.39, 0.29) is 5.91 Å². The molecule has 0 aliphatic carbocycles. The summed E-state index contributed by atoms with van der Waals surface area (Å²) in [6, 6.07) is 13.9. The lowest BCUT2D eigenvalue weighted by molar-refractivity contribution is -0.110. The van der Waals surface area contributed by atoms with E-state index in [1.54, 1.807) is 12.3 Å². The normalized spacial score (nSPS) is 18.6. The summed E-state index contributed by atoms with van der Waals surface area (Å²) in [5.41, 5.74) is 11.0. The number of hydrogen-bond acceptors (Lipinski definition) is 4. The molecule has 5 nitrogen and oxygen atoms in total. The predicted molar refractivity (Wildman–Crippen MR) is 107 cm³/mol. The van der Waals surface area contributed by atoms with Gasteiger partial charge in [0.25, 0.3) is 5.91 Å². The third-order valence-electron chi connectivity index (χ3n) is 5.02. The summed E-state index contributed by atoms with van der Waals surface area (Å²) in [6.07, 6.45) is 5.72. The number of fused-ring (bicyclic) bond motifs is 1. The summed E-state index contributed by atoms with van der Waals surface area (Å²) >= 11 is 0. The molecule has 2 aliphatic heterocycles. The van der Waals surface area contributed by atoms with E-state index in [0.29, 0.717) is 11.3 Å². The van der Waals surface area contributed by atoms with Gasteiger partial charge in [-0.25, -0.2) is 0 Å². The highest BCUT2D eigenvalue weighted by Crippen LogP contribution is 2.33. The van der Waals surface area contributed by atoms with Gasteiger partial charge >= 0.3 is 0 Å². The highest BCUT2D eigenvalue weighted by molar-refractivity contribution is 6.31. The van der Waals surface area contributed by atoms with Gasteiger partial charge in [-0.2, -0.15) is 0 Å². The standard InChI is InChI=1S/C21H24N4O/c22-16-6-9-20-18(12-16)19(21(26)24-20)13-23-17-7-4-15(5-8-17)14-25-10-2-1-3-11-25/h4-9,12-13,23H,1-3,10-11,14,22H2,(H,24,26). The highest BCUT2D eigenvalue weighted by Gasteiger charge is 2.24. The summed E-state index contributed by atoms with van der Waals surface area (Å²) in [5, 5.41) is 6.09. The molecule has 0 atom stereocenters. The third-order valence-corrected chi connectivity index (χ3v) is 5.02. The van der Waals surface area contributed by atoms with Crippen LogP contribution in [0.1, 0.15) is 30.4 Å². The molecule has 1 amide bonds. The van der Waals surface area contributed by atoms with Crippen LogP contribution in [-0.2, 0) is 11.3 Å². The van der Waals surface area contributed by atoms with Crippen LogP contribution >= 0.6 is 0 Å². The van der Waals surface area contributed by atoms with E-state index in [1.165, 1.54) is 37.9 Å². The molecule has 26 heavy (non-hydrogen) atoms. The van der Waals surface area contributed by atoms with Gasteiger partial charge in [0, 0.05) is 35.4 Å². The number of rotatable bonds is 4. The molecule has 2 aromatic rings. The summed E-state index contributed by atoms with van der Waals surface area (Å²) in [7, 11) is 0. The number of carbonyl (C=O) groups is 1. The zero-order chi connectivity index (χ0) is 17.9. The van der Waals surface area contributed by atoms with E-state index in [9.17, 15) is 4.79 Å². The number of nitrogens with one attached hydrogen (secondary N) is 2. The Kier molecular flexibility index (Phi) is 4.63. The lowest BCUT2D eigenvalue weighted by atomic mass is 10.1. The van der Waals surface area contributed by atoms with Gasteiger partial charge < -0.3 is 16.4 Å². The quantitative estimate of drug-likeness (QED) is 0.582. The van der Waals surface area contributed by atoms with Crippen LogP contribution in [0, 0.1) is 0 Å². The van der Waals surface area contributed by atoms with Gasteiger partial charge in [-0.1, -0.05) is 18.6 Å². The van der Waals surface area contributed by atoms with E-state index in [4.69, 9.17) is 5.73 Å². The summed E-state index contributed by atoms with van der Waals surface area (Å²) in [4.78, 5) is 14.7. The number of piperidine rings is 1. The molecule has 2 aromatic carbocycles. The van der Waals surface area contributed by atoms with Crippen molar-refractivity contribution in [1.29, 1.82) is 0 Å². The number of nitrogens with zero attached hydrogens (tertiary/aromatic N) is 1. The first kappa shape index (κ1) is 16.7. The minimum Gasteiger partial charge on any atom is -0.399 e. The molecule has 2 heterocycles. The van der Waals surface area contributed by atoms with E-state index in [2.05, 4.69) is 39.8 Å². The minimum absolute atomic E-state index is 0.111. The average Bonchev–Trinajstić information content (AvgIpc) is 2.96. The molecule has 4 rings (SSSR count). The maximum absolute atomic E-state index is 12.2. The van der Waals surface area contributed by atoms with E-state index in [0.717, 1.165) is 23.5 Å². The average molecular weight is 348 g/mol. The number of carbonyl (C=O) groups excluding carboxylic acids is 1. The van der Waals surface area contributed by atoms with Crippen molar-refractivity contribution in [2.75, 3.05) is 29.5 Å². The Balaban J connectivity index is 1.44. The SMILES string of the molecule is Nc1ccc2c(c1)C(=CNc1ccc(CN3CCCCC3)cc1)C(=O)N2. The first-order valence-corrected chi connectivity index (χ1v) is 9.18. The van der Waals surface area contributed by atoms with Gasteiger partial charge in [0.2, 0.25) is 0 Å². The number of nitrogens with two attached hydrogens (primary N) is 1. The number of amides is 1. The lowest BCUT2D eigenvalue weighted by Gasteiger charge is -2.26. The molecule has 0 radical (unpaired) electrons. The smallest absolute Gasteiger partial charge is 0.257 e. The van der Waals surface area contributed by atoms with Crippen LogP contribution in [0.2, 0.25) is 0 Å². The fraction of sp³-hybridized carbons (Fsp3) is 0.286. The number of anilines is 3. The van der Waals surface area contributed by atoms with Crippen molar-refractivity contribution < 1.29 is 4.79 Å². The Morgan fingerprint density at radius 2 is 1.85 bits per heavy atom. The Morgan fingerprint density at radius 1 is 1.08 bits per heavy atom. The lowest BCUT2D eigenvalue weighted by Crippen LogP contribution is -2.29. The summed E-state index contributed by atoms with van der Waals surface area (Å²) < 4.78 is 0. The molecule has 2 aliphatic rings. The molecule has 0 bridgehead atoms. The zero-order valence-corrected chi connectivity index (χ0v) is 14.8. The van der Waals surface area contributed by atoms with E-state index in [1.807, 2.05) is 12.1 Å². The Morgan fingerprint density at radius 3 is 2.62 bits per heavy atom. The Bertz CT molecular complexity index is 836. The number of hydrogen-bond donors (Lipinski definition) is 3. The highest BCUT2D eigenvalue weighted by atomic mass is 16.2. The first-order chi connectivity index (χ1) is 12.7. The maximum Gasteiger partial charge on any atom is 0.257 e. The number of nitrogen functional groups attached to an aromatic ring is 1. The molecule has 0 unspecified atom stereocenters. The molecule has 134 valence electrons. The molecule has 1 saturated heterocycles. The van der Waals surface area contributed by atoms with Crippen LogP contribution in [0.25, 0.3) is 5.57 Å². The van der Waals surface area contributed by atoms with Crippen molar-refractivity contribution in [3.05, 3.63) is 59.8 Å². The summed E-state index contributed by atoms with van der Waals surface area (Å²) in [6.45, 7) is 3.41. The maximum atomic E-state index is 12.2. The van der Waals surface area contributed by atoms with Gasteiger partial charge in [0.1, 0.15) is 0 Å². The van der Waals surface area contributed by atoms with Gasteiger partial charge in [-0.15, -0.1) is 0 Å². The zero-order valence-electron chi connectivity index (χ0n) is 14.8. The fourth-order valence-electron chi connectivity index (χ4n) is 3.59. The van der Waals surface area contributed by atoms with Crippen LogP contribution < -0.4 is 16.4 Å². The van der Waals surface area contributed by atoms with Gasteiger partial charge in [0.05, 0.1) is 5.57 Å². The van der Waals surface area contributed by atoms with Crippen molar-refractivity contribution in [2.45, 2.75) is 25.8 Å². The second kappa shape index (κ2) is 7.22. The van der Waals surface area contributed by atoms with E-state index >= 15 is 0 Å². The molecule has 5 heteroatoms. The van der Waals surface area contributed by atoms with Crippen molar-refractivity contribution in [3.8, 4) is 0 Å². The molecular weight excluding hydrogens is 324 g/mol.